The van der Waals surface area contributed by atoms with E-state index in [0.29, 0.717) is 6.61 Å². The molecule has 1 aliphatic heterocycles. The lowest BCUT2D eigenvalue weighted by Gasteiger charge is -2.38. The Morgan fingerprint density at radius 3 is 2.63 bits per heavy atom. The normalized spacial score (nSPS) is 23.4. The molecule has 0 spiro atoms. The van der Waals surface area contributed by atoms with E-state index in [4.69, 9.17) is 9.47 Å². The van der Waals surface area contributed by atoms with Crippen molar-refractivity contribution in [1.82, 2.24) is 0 Å². The highest BCUT2D eigenvalue weighted by Crippen LogP contribution is 2.29. The van der Waals surface area contributed by atoms with Crippen LogP contribution in [0.15, 0.2) is 42.5 Å². The molecular formula is C16H20O3. The van der Waals surface area contributed by atoms with Crippen LogP contribution in [0.4, 0.5) is 0 Å². The molecule has 3 atom stereocenters. The van der Waals surface area contributed by atoms with Gasteiger partial charge < -0.3 is 9.47 Å². The van der Waals surface area contributed by atoms with Crippen molar-refractivity contribution in [3.05, 3.63) is 48.0 Å². The number of benzene rings is 1. The van der Waals surface area contributed by atoms with E-state index >= 15 is 0 Å². The van der Waals surface area contributed by atoms with Gasteiger partial charge in [0.05, 0.1) is 18.6 Å². The van der Waals surface area contributed by atoms with Crippen molar-refractivity contribution in [2.24, 2.45) is 5.92 Å². The van der Waals surface area contributed by atoms with Gasteiger partial charge in [-0.3, -0.25) is 4.79 Å². The van der Waals surface area contributed by atoms with Crippen LogP contribution in [0.2, 0.25) is 0 Å². The van der Waals surface area contributed by atoms with Crippen molar-refractivity contribution < 1.29 is 14.3 Å². The minimum atomic E-state index is -0.145. The first-order valence-corrected chi connectivity index (χ1v) is 6.58. The Morgan fingerprint density at radius 1 is 1.42 bits per heavy atom. The molecule has 19 heavy (non-hydrogen) atoms. The van der Waals surface area contributed by atoms with Gasteiger partial charge in [-0.2, -0.15) is 0 Å². The standard InChI is InChI=1S/C16H20O3/c1-11(2)9-14(15-12(3)16(17)19-15)18-10-13-7-5-4-6-8-13/h4-8,12,14-15H,1,9-10H2,2-3H3/t12-,14+,15+/m1/s1. The van der Waals surface area contributed by atoms with Crippen LogP contribution in [-0.4, -0.2) is 18.2 Å². The van der Waals surface area contributed by atoms with E-state index in [9.17, 15) is 4.79 Å². The Morgan fingerprint density at radius 2 is 2.11 bits per heavy atom. The molecule has 1 aromatic rings. The molecule has 0 aromatic heterocycles. The van der Waals surface area contributed by atoms with Crippen molar-refractivity contribution in [2.45, 2.75) is 39.1 Å². The topological polar surface area (TPSA) is 35.5 Å². The number of ether oxygens (including phenoxy) is 2. The summed E-state index contributed by atoms with van der Waals surface area (Å²) in [7, 11) is 0. The number of rotatable bonds is 6. The van der Waals surface area contributed by atoms with Crippen LogP contribution in [0.3, 0.4) is 0 Å². The van der Waals surface area contributed by atoms with Crippen molar-refractivity contribution in [3.63, 3.8) is 0 Å². The van der Waals surface area contributed by atoms with Crippen LogP contribution in [-0.2, 0) is 20.9 Å². The molecule has 0 bridgehead atoms. The Bertz CT molecular complexity index is 452. The molecule has 0 unspecified atom stereocenters. The largest absolute Gasteiger partial charge is 0.458 e. The van der Waals surface area contributed by atoms with E-state index in [1.165, 1.54) is 0 Å². The quantitative estimate of drug-likeness (QED) is 0.582. The van der Waals surface area contributed by atoms with Gasteiger partial charge in [0.1, 0.15) is 6.10 Å². The zero-order chi connectivity index (χ0) is 13.8. The van der Waals surface area contributed by atoms with Crippen LogP contribution in [0.1, 0.15) is 25.8 Å². The van der Waals surface area contributed by atoms with Crippen molar-refractivity contribution >= 4 is 5.97 Å². The Balaban J connectivity index is 1.94. The van der Waals surface area contributed by atoms with Gasteiger partial charge in [-0.25, -0.2) is 0 Å². The zero-order valence-electron chi connectivity index (χ0n) is 11.5. The molecule has 1 fully saturated rings. The molecule has 3 nitrogen and oxygen atoms in total. The molecule has 1 heterocycles. The highest BCUT2D eigenvalue weighted by atomic mass is 16.6. The molecule has 0 radical (unpaired) electrons. The van der Waals surface area contributed by atoms with E-state index < -0.39 is 0 Å². The Labute approximate surface area is 114 Å². The second-order valence-electron chi connectivity index (χ2n) is 5.19. The SMILES string of the molecule is C=C(C)C[C@H](OCc1ccccc1)[C@H]1OC(=O)[C@@H]1C. The first-order chi connectivity index (χ1) is 9.08. The number of carbonyl (C=O) groups is 1. The highest BCUT2D eigenvalue weighted by molar-refractivity contribution is 5.78. The second kappa shape index (κ2) is 6.02. The molecule has 1 saturated heterocycles. The third-order valence-electron chi connectivity index (χ3n) is 3.34. The lowest BCUT2D eigenvalue weighted by Crippen LogP contribution is -2.51. The lowest BCUT2D eigenvalue weighted by atomic mass is 9.91. The van der Waals surface area contributed by atoms with Crippen molar-refractivity contribution in [2.75, 3.05) is 0 Å². The van der Waals surface area contributed by atoms with Crippen LogP contribution in [0.5, 0.6) is 0 Å². The van der Waals surface area contributed by atoms with E-state index in [1.54, 1.807) is 0 Å². The predicted molar refractivity (Wildman–Crippen MR) is 73.5 cm³/mol. The Hall–Kier alpha value is -1.61. The maximum atomic E-state index is 11.2. The summed E-state index contributed by atoms with van der Waals surface area (Å²) < 4.78 is 11.1. The molecule has 0 saturated carbocycles. The van der Waals surface area contributed by atoms with Gasteiger partial charge in [-0.05, 0) is 25.8 Å². The molecule has 1 aliphatic rings. The van der Waals surface area contributed by atoms with Gasteiger partial charge in [-0.1, -0.05) is 35.9 Å². The van der Waals surface area contributed by atoms with E-state index in [1.807, 2.05) is 44.2 Å². The van der Waals surface area contributed by atoms with Crippen molar-refractivity contribution in [3.8, 4) is 0 Å². The molecule has 0 amide bonds. The highest BCUT2D eigenvalue weighted by Gasteiger charge is 2.44. The number of carbonyl (C=O) groups excluding carboxylic acids is 1. The van der Waals surface area contributed by atoms with Gasteiger partial charge in [0, 0.05) is 0 Å². The summed E-state index contributed by atoms with van der Waals surface area (Å²) in [5, 5.41) is 0. The summed E-state index contributed by atoms with van der Waals surface area (Å²) in [6.07, 6.45) is 0.466. The summed E-state index contributed by atoms with van der Waals surface area (Å²) in [6, 6.07) is 9.99. The second-order valence-corrected chi connectivity index (χ2v) is 5.19. The molecular weight excluding hydrogens is 240 g/mol. The molecule has 0 N–H and O–H groups in total. The van der Waals surface area contributed by atoms with Crippen LogP contribution in [0, 0.1) is 5.92 Å². The molecule has 0 aliphatic carbocycles. The zero-order valence-corrected chi connectivity index (χ0v) is 11.5. The third kappa shape index (κ3) is 3.44. The maximum Gasteiger partial charge on any atom is 0.312 e. The summed E-state index contributed by atoms with van der Waals surface area (Å²) in [5.74, 6) is -0.222. The van der Waals surface area contributed by atoms with E-state index in [2.05, 4.69) is 6.58 Å². The smallest absolute Gasteiger partial charge is 0.312 e. The molecule has 2 rings (SSSR count). The predicted octanol–water partition coefficient (Wildman–Crippen LogP) is 3.10. The summed E-state index contributed by atoms with van der Waals surface area (Å²) >= 11 is 0. The maximum absolute atomic E-state index is 11.2. The van der Waals surface area contributed by atoms with Crippen molar-refractivity contribution in [1.29, 1.82) is 0 Å². The molecule has 1 aromatic carbocycles. The fourth-order valence-corrected chi connectivity index (χ4v) is 2.19. The fourth-order valence-electron chi connectivity index (χ4n) is 2.19. The minimum Gasteiger partial charge on any atom is -0.458 e. The van der Waals surface area contributed by atoms with E-state index in [0.717, 1.165) is 17.6 Å². The van der Waals surface area contributed by atoms with Crippen LogP contribution >= 0.6 is 0 Å². The lowest BCUT2D eigenvalue weighted by molar-refractivity contribution is -0.201. The van der Waals surface area contributed by atoms with Gasteiger partial charge >= 0.3 is 5.97 Å². The first kappa shape index (κ1) is 13.8. The summed E-state index contributed by atoms with van der Waals surface area (Å²) in [5.41, 5.74) is 2.15. The molecule has 3 heteroatoms. The van der Waals surface area contributed by atoms with Gasteiger partial charge in [-0.15, -0.1) is 6.58 Å². The van der Waals surface area contributed by atoms with E-state index in [-0.39, 0.29) is 24.1 Å². The van der Waals surface area contributed by atoms with Crippen LogP contribution < -0.4 is 0 Å². The third-order valence-corrected chi connectivity index (χ3v) is 3.34. The Kier molecular flexibility index (Phi) is 4.38. The summed E-state index contributed by atoms with van der Waals surface area (Å²) in [4.78, 5) is 11.2. The van der Waals surface area contributed by atoms with Gasteiger partial charge in [0.15, 0.2) is 0 Å². The van der Waals surface area contributed by atoms with Gasteiger partial charge in [0.25, 0.3) is 0 Å². The van der Waals surface area contributed by atoms with Gasteiger partial charge in [0.2, 0.25) is 0 Å². The number of esters is 1. The average molecular weight is 260 g/mol. The monoisotopic (exact) mass is 260 g/mol. The van der Waals surface area contributed by atoms with Crippen LogP contribution in [0.25, 0.3) is 0 Å². The fraction of sp³-hybridized carbons (Fsp3) is 0.438. The molecule has 102 valence electrons. The number of cyclic esters (lactones) is 1. The average Bonchev–Trinajstić information content (AvgIpc) is 2.41. The minimum absolute atomic E-state index is 0.0832. The number of hydrogen-bond acceptors (Lipinski definition) is 3. The first-order valence-electron chi connectivity index (χ1n) is 6.58. The summed E-state index contributed by atoms with van der Waals surface area (Å²) in [6.45, 7) is 8.29. The number of hydrogen-bond donors (Lipinski definition) is 0.